The molecule has 5 rings (SSSR count). The van der Waals surface area contributed by atoms with E-state index in [-0.39, 0.29) is 11.5 Å². The molecule has 2 aliphatic rings. The van der Waals surface area contributed by atoms with E-state index in [1.807, 2.05) is 46.5 Å². The zero-order valence-electron chi connectivity index (χ0n) is 13.2. The van der Waals surface area contributed by atoms with Crippen LogP contribution in [0.1, 0.15) is 16.5 Å². The molecule has 26 heavy (non-hydrogen) atoms. The molecule has 1 unspecified atom stereocenters. The van der Waals surface area contributed by atoms with Crippen LogP contribution in [0.3, 0.4) is 0 Å². The van der Waals surface area contributed by atoms with E-state index in [0.29, 0.717) is 31.2 Å². The predicted molar refractivity (Wildman–Crippen MR) is 107 cm³/mol. The average molecular weight is 395 g/mol. The van der Waals surface area contributed by atoms with Gasteiger partial charge in [-0.25, -0.2) is 0 Å². The van der Waals surface area contributed by atoms with Crippen molar-refractivity contribution in [2.75, 3.05) is 0 Å². The first kappa shape index (κ1) is 15.5. The minimum Gasteiger partial charge on any atom is -0.384 e. The molecule has 5 heterocycles. The van der Waals surface area contributed by atoms with Gasteiger partial charge in [-0.15, -0.1) is 22.7 Å². The highest BCUT2D eigenvalue weighted by Crippen LogP contribution is 2.42. The van der Waals surface area contributed by atoms with Crippen molar-refractivity contribution in [3.63, 3.8) is 0 Å². The first-order valence-electron chi connectivity index (χ1n) is 7.75. The van der Waals surface area contributed by atoms with Gasteiger partial charge in [0.15, 0.2) is 0 Å². The SMILES string of the molecule is N#CC1=c2sc(=Cc3cccs3)c(=O)n2C(=S)C2=C(N)n3cccc3C21. The Labute approximate surface area is 160 Å². The Morgan fingerprint density at radius 1 is 1.35 bits per heavy atom. The van der Waals surface area contributed by atoms with E-state index in [1.165, 1.54) is 15.9 Å². The topological polar surface area (TPSA) is 76.7 Å². The Bertz CT molecular complexity index is 1340. The second-order valence-corrected chi connectivity index (χ2v) is 8.33. The zero-order chi connectivity index (χ0) is 18.0. The first-order chi connectivity index (χ1) is 12.6. The number of rotatable bonds is 1. The van der Waals surface area contributed by atoms with Gasteiger partial charge in [0.05, 0.1) is 22.1 Å². The van der Waals surface area contributed by atoms with Crippen LogP contribution in [0.5, 0.6) is 0 Å². The van der Waals surface area contributed by atoms with Crippen molar-refractivity contribution in [1.29, 1.82) is 5.26 Å². The molecule has 0 spiro atoms. The third-order valence-corrected chi connectivity index (χ3v) is 6.94. The minimum absolute atomic E-state index is 0.202. The molecule has 126 valence electrons. The quantitative estimate of drug-likeness (QED) is 0.633. The maximum atomic E-state index is 13.0. The second kappa shape index (κ2) is 5.38. The highest BCUT2D eigenvalue weighted by molar-refractivity contribution is 7.80. The van der Waals surface area contributed by atoms with Gasteiger partial charge in [0.1, 0.15) is 15.5 Å². The molecule has 0 saturated heterocycles. The summed E-state index contributed by atoms with van der Waals surface area (Å²) >= 11 is 8.48. The molecule has 0 aromatic carbocycles. The number of allylic oxidation sites excluding steroid dienone is 1. The molecule has 0 saturated carbocycles. The van der Waals surface area contributed by atoms with Crippen molar-refractivity contribution in [1.82, 2.24) is 9.13 Å². The Hall–Kier alpha value is -2.73. The van der Waals surface area contributed by atoms with Gasteiger partial charge in [0.25, 0.3) is 5.56 Å². The molecule has 3 aromatic rings. The molecule has 0 radical (unpaired) electrons. The average Bonchev–Trinajstić information content (AvgIpc) is 3.38. The second-order valence-electron chi connectivity index (χ2n) is 5.94. The lowest BCUT2D eigenvalue weighted by Gasteiger charge is -2.20. The summed E-state index contributed by atoms with van der Waals surface area (Å²) in [5.41, 5.74) is 8.18. The predicted octanol–water partition coefficient (Wildman–Crippen LogP) is 1.39. The van der Waals surface area contributed by atoms with Crippen LogP contribution in [-0.4, -0.2) is 14.1 Å². The summed E-state index contributed by atoms with van der Waals surface area (Å²) in [6, 6.07) is 10.0. The molecule has 0 amide bonds. The molecular formula is C18H10N4OS3. The van der Waals surface area contributed by atoms with Gasteiger partial charge in [-0.1, -0.05) is 18.3 Å². The number of thiophene rings is 1. The van der Waals surface area contributed by atoms with Gasteiger partial charge in [-0.2, -0.15) is 5.26 Å². The number of hydrogen-bond acceptors (Lipinski definition) is 6. The van der Waals surface area contributed by atoms with Crippen molar-refractivity contribution in [3.05, 3.63) is 71.5 Å². The first-order valence-corrected chi connectivity index (χ1v) is 9.85. The Balaban J connectivity index is 1.89. The van der Waals surface area contributed by atoms with E-state index in [2.05, 4.69) is 6.07 Å². The van der Waals surface area contributed by atoms with E-state index >= 15 is 0 Å². The van der Waals surface area contributed by atoms with Crippen LogP contribution < -0.4 is 20.5 Å². The molecule has 0 aliphatic carbocycles. The summed E-state index contributed by atoms with van der Waals surface area (Å²) in [6.07, 6.45) is 3.69. The van der Waals surface area contributed by atoms with Crippen molar-refractivity contribution < 1.29 is 0 Å². The lowest BCUT2D eigenvalue weighted by atomic mass is 9.89. The number of fused-ring (bicyclic) bond motifs is 4. The number of nitrogens with two attached hydrogens (primary N) is 1. The number of aromatic nitrogens is 2. The fourth-order valence-corrected chi connectivity index (χ4v) is 5.80. The fraction of sp³-hybridized carbons (Fsp3) is 0.0556. The maximum absolute atomic E-state index is 13.0. The maximum Gasteiger partial charge on any atom is 0.274 e. The van der Waals surface area contributed by atoms with Crippen LogP contribution in [-0.2, 0) is 0 Å². The smallest absolute Gasteiger partial charge is 0.274 e. The molecule has 5 nitrogen and oxygen atoms in total. The third kappa shape index (κ3) is 1.88. The number of nitriles is 1. The minimum atomic E-state index is -0.310. The molecule has 2 aliphatic heterocycles. The van der Waals surface area contributed by atoms with E-state index in [4.69, 9.17) is 18.0 Å². The Kier molecular flexibility index (Phi) is 3.21. The van der Waals surface area contributed by atoms with E-state index in [9.17, 15) is 10.1 Å². The van der Waals surface area contributed by atoms with Crippen LogP contribution >= 0.6 is 34.9 Å². The fourth-order valence-electron chi connectivity index (χ4n) is 3.51. The lowest BCUT2D eigenvalue weighted by molar-refractivity contribution is 0.948. The molecular weight excluding hydrogens is 384 g/mol. The van der Waals surface area contributed by atoms with Crippen LogP contribution in [0.2, 0.25) is 0 Å². The molecule has 0 fully saturated rings. The molecule has 8 heteroatoms. The summed E-state index contributed by atoms with van der Waals surface area (Å²) in [7, 11) is 0. The Morgan fingerprint density at radius 2 is 2.19 bits per heavy atom. The van der Waals surface area contributed by atoms with Crippen LogP contribution in [0, 0.1) is 11.3 Å². The largest absolute Gasteiger partial charge is 0.384 e. The van der Waals surface area contributed by atoms with Crippen molar-refractivity contribution in [2.45, 2.75) is 5.92 Å². The molecule has 0 bridgehead atoms. The van der Waals surface area contributed by atoms with Gasteiger partial charge < -0.3 is 10.3 Å². The van der Waals surface area contributed by atoms with Crippen molar-refractivity contribution in [3.8, 4) is 6.07 Å². The third-order valence-electron chi connectivity index (χ3n) is 4.61. The highest BCUT2D eigenvalue weighted by Gasteiger charge is 2.40. The van der Waals surface area contributed by atoms with Crippen molar-refractivity contribution in [2.24, 2.45) is 5.73 Å². The lowest BCUT2D eigenvalue weighted by Crippen LogP contribution is -2.41. The summed E-state index contributed by atoms with van der Waals surface area (Å²) in [4.78, 5) is 14.4. The molecule has 3 aromatic heterocycles. The van der Waals surface area contributed by atoms with Gasteiger partial charge >= 0.3 is 0 Å². The summed E-state index contributed by atoms with van der Waals surface area (Å²) in [6.45, 7) is 0. The zero-order valence-corrected chi connectivity index (χ0v) is 15.6. The molecule has 2 N–H and O–H groups in total. The molecule has 1 atom stereocenters. The number of hydrogen-bond donors (Lipinski definition) is 1. The standard InChI is InChI=1S/C18H10N4OS3/c19-8-10-13-11-4-1-5-21(11)15(20)14(13)17(24)22-16(23)12(26-18(10)22)7-9-3-2-6-25-9/h1-7,13H,20H2. The Morgan fingerprint density at radius 3 is 2.92 bits per heavy atom. The van der Waals surface area contributed by atoms with Gasteiger partial charge in [0.2, 0.25) is 0 Å². The van der Waals surface area contributed by atoms with Gasteiger partial charge in [0, 0.05) is 22.3 Å². The number of thiazole rings is 1. The van der Waals surface area contributed by atoms with Crippen LogP contribution in [0.25, 0.3) is 17.5 Å². The van der Waals surface area contributed by atoms with Gasteiger partial charge in [-0.05, 0) is 29.7 Å². The summed E-state index contributed by atoms with van der Waals surface area (Å²) < 4.78 is 4.46. The monoisotopic (exact) mass is 394 g/mol. The van der Waals surface area contributed by atoms with E-state index < -0.39 is 0 Å². The van der Waals surface area contributed by atoms with Gasteiger partial charge in [-0.3, -0.25) is 9.36 Å². The normalized spacial score (nSPS) is 18.7. The number of nitrogens with zero attached hydrogens (tertiary/aromatic N) is 3. The van der Waals surface area contributed by atoms with Crippen molar-refractivity contribution >= 4 is 57.4 Å². The summed E-state index contributed by atoms with van der Waals surface area (Å²) in [5, 5.41) is 11.8. The summed E-state index contributed by atoms with van der Waals surface area (Å²) in [5.74, 6) is 0.176. The highest BCUT2D eigenvalue weighted by atomic mass is 32.1. The number of thiocarbonyl (C=S) groups is 1. The van der Waals surface area contributed by atoms with E-state index in [1.54, 1.807) is 11.3 Å². The van der Waals surface area contributed by atoms with E-state index in [0.717, 1.165) is 10.6 Å². The van der Waals surface area contributed by atoms with Crippen LogP contribution in [0.4, 0.5) is 0 Å². The van der Waals surface area contributed by atoms with Crippen LogP contribution in [0.15, 0.2) is 46.2 Å².